The van der Waals surface area contributed by atoms with Crippen LogP contribution in [-0.2, 0) is 0 Å². The molecule has 1 aromatic heterocycles. The highest BCUT2D eigenvalue weighted by atomic mass is 35.5. The summed E-state index contributed by atoms with van der Waals surface area (Å²) < 4.78 is 27.3. The Labute approximate surface area is 173 Å². The van der Waals surface area contributed by atoms with E-state index in [4.69, 9.17) is 11.6 Å². The first-order valence-electron chi connectivity index (χ1n) is 8.45. The van der Waals surface area contributed by atoms with Crippen LogP contribution in [0, 0.1) is 11.6 Å². The number of halogens is 3. The molecule has 1 heterocycles. The van der Waals surface area contributed by atoms with E-state index in [0.29, 0.717) is 26.4 Å². The van der Waals surface area contributed by atoms with Gasteiger partial charge in [0.15, 0.2) is 0 Å². The van der Waals surface area contributed by atoms with E-state index in [2.05, 4.69) is 10.1 Å². The van der Waals surface area contributed by atoms with Crippen molar-refractivity contribution < 1.29 is 13.6 Å². The number of rotatable bonds is 4. The van der Waals surface area contributed by atoms with Crippen LogP contribution in [0.2, 0.25) is 5.02 Å². The lowest BCUT2D eigenvalue weighted by Gasteiger charge is -2.14. The van der Waals surface area contributed by atoms with Crippen molar-refractivity contribution in [2.24, 2.45) is 5.10 Å². The van der Waals surface area contributed by atoms with E-state index in [1.807, 2.05) is 0 Å². The topological polar surface area (TPSA) is 45.6 Å². The van der Waals surface area contributed by atoms with Gasteiger partial charge in [0.2, 0.25) is 5.13 Å². The number of hydrogen-bond acceptors (Lipinski definition) is 4. The number of benzene rings is 3. The molecule has 4 rings (SSSR count). The van der Waals surface area contributed by atoms with Crippen LogP contribution in [0.4, 0.5) is 13.9 Å². The molecule has 29 heavy (non-hydrogen) atoms. The van der Waals surface area contributed by atoms with Gasteiger partial charge in [-0.15, -0.1) is 0 Å². The summed E-state index contributed by atoms with van der Waals surface area (Å²) in [6, 6.07) is 16.3. The number of carbonyl (C=O) groups is 1. The van der Waals surface area contributed by atoms with Gasteiger partial charge in [-0.2, -0.15) is 10.1 Å². The molecule has 0 aliphatic heterocycles. The van der Waals surface area contributed by atoms with Crippen molar-refractivity contribution in [3.05, 3.63) is 94.5 Å². The molecule has 0 bridgehead atoms. The Bertz CT molecular complexity index is 1220. The molecule has 0 radical (unpaired) electrons. The van der Waals surface area contributed by atoms with Gasteiger partial charge in [0.25, 0.3) is 5.91 Å². The Kier molecular flexibility index (Phi) is 5.33. The van der Waals surface area contributed by atoms with Gasteiger partial charge in [-0.05, 0) is 54.1 Å². The third kappa shape index (κ3) is 4.31. The van der Waals surface area contributed by atoms with Gasteiger partial charge in [0, 0.05) is 10.6 Å². The Morgan fingerprint density at radius 3 is 2.55 bits per heavy atom. The zero-order valence-corrected chi connectivity index (χ0v) is 16.3. The monoisotopic (exact) mass is 427 g/mol. The van der Waals surface area contributed by atoms with E-state index in [1.54, 1.807) is 18.2 Å². The third-order valence-corrected chi connectivity index (χ3v) is 5.21. The summed E-state index contributed by atoms with van der Waals surface area (Å²) in [4.78, 5) is 17.5. The second-order valence-corrected chi connectivity index (χ2v) is 7.48. The highest BCUT2D eigenvalue weighted by Gasteiger charge is 2.21. The second kappa shape index (κ2) is 8.06. The molecule has 0 saturated carbocycles. The molecule has 0 aliphatic rings. The van der Waals surface area contributed by atoms with Crippen molar-refractivity contribution >= 4 is 50.4 Å². The summed E-state index contributed by atoms with van der Waals surface area (Å²) >= 11 is 7.14. The lowest BCUT2D eigenvalue weighted by Crippen LogP contribution is -2.25. The Morgan fingerprint density at radius 2 is 1.79 bits per heavy atom. The number of amides is 1. The SMILES string of the molecule is O=C(c1cccc(Cl)c1)N(/N=C/c1ccc(F)cc1)c1nc2ccc(F)cc2s1. The average Bonchev–Trinajstić information content (AvgIpc) is 3.12. The second-order valence-electron chi connectivity index (χ2n) is 6.03. The molecular weight excluding hydrogens is 416 g/mol. The quantitative estimate of drug-likeness (QED) is 0.300. The fraction of sp³-hybridized carbons (Fsp3) is 0. The van der Waals surface area contributed by atoms with Crippen molar-refractivity contribution in [3.63, 3.8) is 0 Å². The van der Waals surface area contributed by atoms with E-state index in [0.717, 1.165) is 16.3 Å². The predicted octanol–water partition coefficient (Wildman–Crippen LogP) is 5.91. The van der Waals surface area contributed by atoms with Gasteiger partial charge < -0.3 is 0 Å². The first-order valence-corrected chi connectivity index (χ1v) is 9.65. The smallest absolute Gasteiger partial charge is 0.267 e. The molecular formula is C21H12ClF2N3OS. The predicted molar refractivity (Wildman–Crippen MR) is 112 cm³/mol. The average molecular weight is 428 g/mol. The van der Waals surface area contributed by atoms with Crippen LogP contribution < -0.4 is 5.01 Å². The lowest BCUT2D eigenvalue weighted by molar-refractivity contribution is 0.0988. The van der Waals surface area contributed by atoms with Gasteiger partial charge in [0.1, 0.15) is 11.6 Å². The van der Waals surface area contributed by atoms with Crippen LogP contribution in [0.3, 0.4) is 0 Å². The molecule has 4 aromatic rings. The van der Waals surface area contributed by atoms with Gasteiger partial charge in [-0.25, -0.2) is 13.8 Å². The van der Waals surface area contributed by atoms with Crippen molar-refractivity contribution in [1.29, 1.82) is 0 Å². The zero-order chi connectivity index (χ0) is 20.4. The maximum Gasteiger partial charge on any atom is 0.280 e. The minimum absolute atomic E-state index is 0.272. The van der Waals surface area contributed by atoms with Gasteiger partial charge in [0.05, 0.1) is 16.4 Å². The molecule has 0 spiro atoms. The van der Waals surface area contributed by atoms with Crippen molar-refractivity contribution in [1.82, 2.24) is 4.98 Å². The number of hydrazone groups is 1. The summed E-state index contributed by atoms with van der Waals surface area (Å²) in [6.45, 7) is 0. The molecule has 0 aliphatic carbocycles. The summed E-state index contributed by atoms with van der Waals surface area (Å²) in [5.41, 5.74) is 1.47. The van der Waals surface area contributed by atoms with E-state index < -0.39 is 11.7 Å². The minimum Gasteiger partial charge on any atom is -0.267 e. The zero-order valence-electron chi connectivity index (χ0n) is 14.7. The van der Waals surface area contributed by atoms with Crippen molar-refractivity contribution in [3.8, 4) is 0 Å². The molecule has 0 atom stereocenters. The van der Waals surface area contributed by atoms with Crippen LogP contribution in [0.5, 0.6) is 0 Å². The van der Waals surface area contributed by atoms with E-state index >= 15 is 0 Å². The number of fused-ring (bicyclic) bond motifs is 1. The Balaban J connectivity index is 1.76. The number of carbonyl (C=O) groups excluding carboxylic acids is 1. The number of hydrogen-bond donors (Lipinski definition) is 0. The summed E-state index contributed by atoms with van der Waals surface area (Å²) in [5, 5.41) is 6.07. The summed E-state index contributed by atoms with van der Waals surface area (Å²) in [6.07, 6.45) is 1.43. The van der Waals surface area contributed by atoms with Crippen molar-refractivity contribution in [2.75, 3.05) is 5.01 Å². The van der Waals surface area contributed by atoms with Crippen LogP contribution in [0.15, 0.2) is 71.8 Å². The summed E-state index contributed by atoms with van der Waals surface area (Å²) in [5.74, 6) is -1.22. The van der Waals surface area contributed by atoms with Crippen LogP contribution >= 0.6 is 22.9 Å². The number of nitrogens with zero attached hydrogens (tertiary/aromatic N) is 3. The Morgan fingerprint density at radius 1 is 1.03 bits per heavy atom. The fourth-order valence-electron chi connectivity index (χ4n) is 2.58. The molecule has 4 nitrogen and oxygen atoms in total. The van der Waals surface area contributed by atoms with Gasteiger partial charge in [-0.1, -0.05) is 41.1 Å². The fourth-order valence-corrected chi connectivity index (χ4v) is 3.72. The Hall–Kier alpha value is -3.16. The highest BCUT2D eigenvalue weighted by Crippen LogP contribution is 2.30. The maximum absolute atomic E-state index is 13.5. The number of anilines is 1. The highest BCUT2D eigenvalue weighted by molar-refractivity contribution is 7.22. The molecule has 0 unspecified atom stereocenters. The maximum atomic E-state index is 13.5. The number of aromatic nitrogens is 1. The normalized spacial score (nSPS) is 11.3. The van der Waals surface area contributed by atoms with Crippen molar-refractivity contribution in [2.45, 2.75) is 0 Å². The molecule has 3 aromatic carbocycles. The minimum atomic E-state index is -0.453. The van der Waals surface area contributed by atoms with Crippen LogP contribution in [-0.4, -0.2) is 17.1 Å². The molecule has 144 valence electrons. The molecule has 0 fully saturated rings. The third-order valence-electron chi connectivity index (χ3n) is 3.98. The number of thiazole rings is 1. The van der Waals surface area contributed by atoms with Gasteiger partial charge >= 0.3 is 0 Å². The molecule has 0 saturated heterocycles. The van der Waals surface area contributed by atoms with E-state index in [-0.39, 0.29) is 10.9 Å². The first-order chi connectivity index (χ1) is 14.0. The molecule has 0 N–H and O–H groups in total. The summed E-state index contributed by atoms with van der Waals surface area (Å²) in [7, 11) is 0. The van der Waals surface area contributed by atoms with Gasteiger partial charge in [-0.3, -0.25) is 4.79 Å². The standard InChI is InChI=1S/C21H12ClF2N3OS/c22-15-3-1-2-14(10-15)20(28)27(25-12-13-4-6-16(23)7-5-13)21-26-18-9-8-17(24)11-19(18)29-21/h1-12H/b25-12+. The van der Waals surface area contributed by atoms with E-state index in [1.165, 1.54) is 54.7 Å². The molecule has 8 heteroatoms. The lowest BCUT2D eigenvalue weighted by atomic mass is 10.2. The van der Waals surface area contributed by atoms with E-state index in [9.17, 15) is 13.6 Å². The van der Waals surface area contributed by atoms with Crippen LogP contribution in [0.25, 0.3) is 10.2 Å². The molecule has 1 amide bonds. The first kappa shape index (κ1) is 19.2. The largest absolute Gasteiger partial charge is 0.280 e. The van der Waals surface area contributed by atoms with Crippen LogP contribution in [0.1, 0.15) is 15.9 Å².